The molecule has 2 heterocycles. The Morgan fingerprint density at radius 3 is 2.96 bits per heavy atom. The molecule has 2 aromatic rings. The van der Waals surface area contributed by atoms with Crippen LogP contribution >= 0.6 is 0 Å². The highest BCUT2D eigenvalue weighted by Gasteiger charge is 2.32. The molecule has 2 amide bonds. The number of benzene rings is 1. The van der Waals surface area contributed by atoms with E-state index in [1.807, 2.05) is 0 Å². The Morgan fingerprint density at radius 1 is 1.44 bits per heavy atom. The predicted octanol–water partition coefficient (Wildman–Crippen LogP) is 2.74. The van der Waals surface area contributed by atoms with E-state index in [0.29, 0.717) is 23.2 Å². The van der Waals surface area contributed by atoms with Crippen molar-refractivity contribution in [3.8, 4) is 11.1 Å². The molecule has 1 aromatic carbocycles. The zero-order valence-electron chi connectivity index (χ0n) is 13.7. The van der Waals surface area contributed by atoms with Crippen LogP contribution in [0.1, 0.15) is 13.3 Å². The van der Waals surface area contributed by atoms with Gasteiger partial charge in [-0.1, -0.05) is 13.0 Å². The van der Waals surface area contributed by atoms with Gasteiger partial charge in [-0.15, -0.1) is 0 Å². The van der Waals surface area contributed by atoms with Gasteiger partial charge < -0.3 is 10.1 Å². The number of carbonyl (C=O) groups is 2. The Balaban J connectivity index is 1.73. The number of aromatic nitrogens is 1. The number of halogens is 1. The summed E-state index contributed by atoms with van der Waals surface area (Å²) in [7, 11) is 0. The molecule has 1 N–H and O–H groups in total. The van der Waals surface area contributed by atoms with Gasteiger partial charge in [-0.3, -0.25) is 14.7 Å². The lowest BCUT2D eigenvalue weighted by molar-refractivity contribution is -0.121. The molecular formula is C18H18FN3O3. The SMILES string of the molecule is CCC(=O)NCC1CN(c2ccc(-c3cccnc3)c(F)c2)C(=O)O1. The predicted molar refractivity (Wildman–Crippen MR) is 90.5 cm³/mol. The summed E-state index contributed by atoms with van der Waals surface area (Å²) >= 11 is 0. The molecule has 1 aliphatic rings. The fraction of sp³-hybridized carbons (Fsp3) is 0.278. The van der Waals surface area contributed by atoms with E-state index >= 15 is 0 Å². The van der Waals surface area contributed by atoms with Gasteiger partial charge in [0.1, 0.15) is 11.9 Å². The molecule has 1 atom stereocenters. The van der Waals surface area contributed by atoms with Crippen molar-refractivity contribution in [2.24, 2.45) is 0 Å². The molecule has 0 aliphatic carbocycles. The molecule has 0 saturated carbocycles. The number of pyridine rings is 1. The van der Waals surface area contributed by atoms with E-state index in [2.05, 4.69) is 10.3 Å². The van der Waals surface area contributed by atoms with Crippen LogP contribution in [-0.4, -0.2) is 36.2 Å². The average molecular weight is 343 g/mol. The number of anilines is 1. The number of ether oxygens (including phenoxy) is 1. The number of cyclic esters (lactones) is 1. The highest BCUT2D eigenvalue weighted by Crippen LogP contribution is 2.28. The highest BCUT2D eigenvalue weighted by atomic mass is 19.1. The third kappa shape index (κ3) is 3.76. The molecular weight excluding hydrogens is 325 g/mol. The second-order valence-electron chi connectivity index (χ2n) is 5.68. The zero-order chi connectivity index (χ0) is 17.8. The Hall–Kier alpha value is -2.96. The number of hydrogen-bond donors (Lipinski definition) is 1. The van der Waals surface area contributed by atoms with Crippen LogP contribution in [0.5, 0.6) is 0 Å². The smallest absolute Gasteiger partial charge is 0.414 e. The van der Waals surface area contributed by atoms with Crippen LogP contribution in [-0.2, 0) is 9.53 Å². The van der Waals surface area contributed by atoms with Crippen molar-refractivity contribution in [1.29, 1.82) is 0 Å². The first kappa shape index (κ1) is 16.9. The third-order valence-electron chi connectivity index (χ3n) is 3.96. The molecule has 0 spiro atoms. The van der Waals surface area contributed by atoms with Gasteiger partial charge in [0, 0.05) is 29.9 Å². The van der Waals surface area contributed by atoms with Crippen LogP contribution in [0.15, 0.2) is 42.7 Å². The minimum atomic E-state index is -0.552. The maximum absolute atomic E-state index is 14.4. The fourth-order valence-corrected chi connectivity index (χ4v) is 2.62. The van der Waals surface area contributed by atoms with Crippen LogP contribution in [0.3, 0.4) is 0 Å². The van der Waals surface area contributed by atoms with Crippen LogP contribution in [0, 0.1) is 5.82 Å². The summed E-state index contributed by atoms with van der Waals surface area (Å²) in [6.07, 6.45) is 2.56. The first-order valence-electron chi connectivity index (χ1n) is 8.03. The molecule has 7 heteroatoms. The van der Waals surface area contributed by atoms with Gasteiger partial charge in [0.05, 0.1) is 18.8 Å². The van der Waals surface area contributed by atoms with Gasteiger partial charge in [0.25, 0.3) is 0 Å². The molecule has 1 aromatic heterocycles. The normalized spacial score (nSPS) is 16.6. The first-order chi connectivity index (χ1) is 12.1. The second-order valence-corrected chi connectivity index (χ2v) is 5.68. The number of nitrogens with one attached hydrogen (secondary N) is 1. The summed E-state index contributed by atoms with van der Waals surface area (Å²) in [5.74, 6) is -0.553. The van der Waals surface area contributed by atoms with Crippen molar-refractivity contribution in [3.63, 3.8) is 0 Å². The number of carbonyl (C=O) groups excluding carboxylic acids is 2. The van der Waals surface area contributed by atoms with Crippen molar-refractivity contribution in [2.75, 3.05) is 18.0 Å². The fourth-order valence-electron chi connectivity index (χ4n) is 2.62. The highest BCUT2D eigenvalue weighted by molar-refractivity contribution is 5.90. The maximum Gasteiger partial charge on any atom is 0.414 e. The number of hydrogen-bond acceptors (Lipinski definition) is 4. The van der Waals surface area contributed by atoms with E-state index in [1.165, 1.54) is 11.0 Å². The maximum atomic E-state index is 14.4. The monoisotopic (exact) mass is 343 g/mol. The largest absolute Gasteiger partial charge is 0.442 e. The summed E-state index contributed by atoms with van der Waals surface area (Å²) in [4.78, 5) is 28.7. The van der Waals surface area contributed by atoms with E-state index in [9.17, 15) is 14.0 Å². The van der Waals surface area contributed by atoms with Crippen LogP contribution in [0.2, 0.25) is 0 Å². The van der Waals surface area contributed by atoms with E-state index in [-0.39, 0.29) is 19.0 Å². The van der Waals surface area contributed by atoms with E-state index < -0.39 is 18.0 Å². The van der Waals surface area contributed by atoms with Gasteiger partial charge in [-0.2, -0.15) is 0 Å². The van der Waals surface area contributed by atoms with Crippen LogP contribution in [0.4, 0.5) is 14.9 Å². The van der Waals surface area contributed by atoms with E-state index in [1.54, 1.807) is 43.6 Å². The topological polar surface area (TPSA) is 71.5 Å². The first-order valence-corrected chi connectivity index (χ1v) is 8.03. The lowest BCUT2D eigenvalue weighted by Gasteiger charge is -2.14. The Labute approximate surface area is 144 Å². The van der Waals surface area contributed by atoms with Gasteiger partial charge >= 0.3 is 6.09 Å². The third-order valence-corrected chi connectivity index (χ3v) is 3.96. The van der Waals surface area contributed by atoms with E-state index in [0.717, 1.165) is 0 Å². The zero-order valence-corrected chi connectivity index (χ0v) is 13.7. The van der Waals surface area contributed by atoms with Crippen molar-refractivity contribution < 1.29 is 18.7 Å². The molecule has 130 valence electrons. The number of amides is 2. The lowest BCUT2D eigenvalue weighted by Crippen LogP contribution is -2.34. The Kier molecular flexibility index (Phi) is 4.92. The minimum Gasteiger partial charge on any atom is -0.442 e. The van der Waals surface area contributed by atoms with Crippen LogP contribution < -0.4 is 10.2 Å². The molecule has 1 fully saturated rings. The van der Waals surface area contributed by atoms with Gasteiger partial charge in [0.15, 0.2) is 0 Å². The standard InChI is InChI=1S/C18H18FN3O3/c1-2-17(23)21-10-14-11-22(18(24)25-14)13-5-6-15(16(19)8-13)12-4-3-7-20-9-12/h3-9,14H,2,10-11H2,1H3,(H,21,23). The molecule has 1 aliphatic heterocycles. The Morgan fingerprint density at radius 2 is 2.28 bits per heavy atom. The molecule has 1 saturated heterocycles. The summed E-state index contributed by atoms with van der Waals surface area (Å²) in [6.45, 7) is 2.24. The molecule has 1 unspecified atom stereocenters. The summed E-state index contributed by atoms with van der Waals surface area (Å²) in [5.41, 5.74) is 1.49. The second kappa shape index (κ2) is 7.29. The van der Waals surface area contributed by atoms with Gasteiger partial charge in [0.2, 0.25) is 5.91 Å². The number of rotatable bonds is 5. The summed E-state index contributed by atoms with van der Waals surface area (Å²) in [6, 6.07) is 8.08. The van der Waals surface area contributed by atoms with Crippen molar-refractivity contribution in [3.05, 3.63) is 48.5 Å². The Bertz CT molecular complexity index is 782. The van der Waals surface area contributed by atoms with Crippen molar-refractivity contribution in [1.82, 2.24) is 10.3 Å². The quantitative estimate of drug-likeness (QED) is 0.906. The van der Waals surface area contributed by atoms with Crippen molar-refractivity contribution >= 4 is 17.7 Å². The molecule has 0 bridgehead atoms. The molecule has 0 radical (unpaired) electrons. The molecule has 6 nitrogen and oxygen atoms in total. The number of nitrogens with zero attached hydrogens (tertiary/aromatic N) is 2. The summed E-state index contributed by atoms with van der Waals surface area (Å²) < 4.78 is 19.7. The summed E-state index contributed by atoms with van der Waals surface area (Å²) in [5, 5.41) is 2.68. The molecule has 25 heavy (non-hydrogen) atoms. The van der Waals surface area contributed by atoms with Gasteiger partial charge in [-0.25, -0.2) is 9.18 Å². The molecule has 3 rings (SSSR count). The van der Waals surface area contributed by atoms with E-state index in [4.69, 9.17) is 4.74 Å². The minimum absolute atomic E-state index is 0.110. The van der Waals surface area contributed by atoms with Gasteiger partial charge in [-0.05, 0) is 24.3 Å². The average Bonchev–Trinajstić information content (AvgIpc) is 3.01. The lowest BCUT2D eigenvalue weighted by atomic mass is 10.1. The van der Waals surface area contributed by atoms with Crippen LogP contribution in [0.25, 0.3) is 11.1 Å². The van der Waals surface area contributed by atoms with Crippen molar-refractivity contribution in [2.45, 2.75) is 19.4 Å².